The fourth-order valence-electron chi connectivity index (χ4n) is 3.24. The van der Waals surface area contributed by atoms with E-state index in [9.17, 15) is 17.6 Å². The van der Waals surface area contributed by atoms with Gasteiger partial charge in [0.1, 0.15) is 5.82 Å². The Morgan fingerprint density at radius 3 is 1.93 bits per heavy atom. The van der Waals surface area contributed by atoms with Crippen LogP contribution in [-0.4, -0.2) is 24.0 Å². The lowest BCUT2D eigenvalue weighted by molar-refractivity contribution is 0.519. The smallest absolute Gasteiger partial charge is 0.275 e. The second kappa shape index (κ2) is 8.05. The van der Waals surface area contributed by atoms with Crippen LogP contribution in [-0.2, 0) is 22.9 Å². The van der Waals surface area contributed by atoms with Crippen molar-refractivity contribution in [2.24, 2.45) is 0 Å². The molecule has 1 heterocycles. The van der Waals surface area contributed by atoms with Gasteiger partial charge in [-0.3, -0.25) is 9.48 Å². The Labute approximate surface area is 168 Å². The van der Waals surface area contributed by atoms with E-state index < -0.39 is 15.7 Å². The van der Waals surface area contributed by atoms with Crippen molar-refractivity contribution in [1.29, 1.82) is 0 Å². The van der Waals surface area contributed by atoms with Gasteiger partial charge in [0.15, 0.2) is 9.84 Å². The van der Waals surface area contributed by atoms with E-state index in [1.165, 1.54) is 28.9 Å². The van der Waals surface area contributed by atoms with Crippen molar-refractivity contribution in [3.63, 3.8) is 0 Å². The zero-order chi connectivity index (χ0) is 21.2. The summed E-state index contributed by atoms with van der Waals surface area (Å²) in [6.07, 6.45) is 4.42. The van der Waals surface area contributed by atoms with Crippen LogP contribution in [0.5, 0.6) is 0 Å². The first-order valence-corrected chi connectivity index (χ1v) is 10.8. The third-order valence-corrected chi connectivity index (χ3v) is 5.66. The van der Waals surface area contributed by atoms with Crippen LogP contribution < -0.4 is 5.56 Å². The topological polar surface area (TPSA) is 61.1 Å². The van der Waals surface area contributed by atoms with Gasteiger partial charge in [-0.15, -0.1) is 13.2 Å². The molecule has 1 aromatic heterocycles. The number of hydrogen-bond donors (Lipinski definition) is 0. The Balaban J connectivity index is 2.34. The molecule has 0 fully saturated rings. The summed E-state index contributed by atoms with van der Waals surface area (Å²) in [5.74, 6) is -0.398. The number of halogens is 1. The normalized spacial score (nSPS) is 11.4. The molecule has 150 valence electrons. The Bertz CT molecular complexity index is 1220. The summed E-state index contributed by atoms with van der Waals surface area (Å²) in [5.41, 5.74) is 1.99. The van der Waals surface area contributed by atoms with E-state index in [1.807, 2.05) is 0 Å². The summed E-state index contributed by atoms with van der Waals surface area (Å²) >= 11 is 0. The quantitative estimate of drug-likeness (QED) is 0.553. The zero-order valence-electron chi connectivity index (χ0n) is 16.0. The highest BCUT2D eigenvalue weighted by molar-refractivity contribution is 7.90. The largest absolute Gasteiger partial charge is 0.277 e. The van der Waals surface area contributed by atoms with Crippen molar-refractivity contribution in [3.8, 4) is 22.4 Å². The van der Waals surface area contributed by atoms with Crippen molar-refractivity contribution >= 4 is 9.84 Å². The van der Waals surface area contributed by atoms with Crippen molar-refractivity contribution in [2.45, 2.75) is 18.0 Å². The molecule has 2 aromatic carbocycles. The molecule has 5 nitrogen and oxygen atoms in total. The molecule has 0 saturated carbocycles. The van der Waals surface area contributed by atoms with Gasteiger partial charge in [0, 0.05) is 11.8 Å². The second-order valence-corrected chi connectivity index (χ2v) is 8.59. The van der Waals surface area contributed by atoms with E-state index in [0.29, 0.717) is 28.9 Å². The van der Waals surface area contributed by atoms with E-state index in [0.717, 1.165) is 6.26 Å². The fourth-order valence-corrected chi connectivity index (χ4v) is 3.87. The van der Waals surface area contributed by atoms with Crippen molar-refractivity contribution in [2.75, 3.05) is 6.26 Å². The maximum absolute atomic E-state index is 13.4. The number of benzene rings is 2. The van der Waals surface area contributed by atoms with Gasteiger partial charge < -0.3 is 0 Å². The Morgan fingerprint density at radius 2 is 1.41 bits per heavy atom. The van der Waals surface area contributed by atoms with Crippen LogP contribution in [0, 0.1) is 5.82 Å². The van der Waals surface area contributed by atoms with Crippen LogP contribution in [0.15, 0.2) is 83.5 Å². The van der Waals surface area contributed by atoms with Gasteiger partial charge in [0.2, 0.25) is 0 Å². The lowest BCUT2D eigenvalue weighted by Gasteiger charge is -2.13. The first-order chi connectivity index (χ1) is 13.8. The molecule has 0 radical (unpaired) electrons. The SMILES string of the molecule is C=CCn1c(-c2ccc(S(C)(=O)=O)cc2)c(-c2ccc(F)cc2)c(=O)n1CC=C. The summed E-state index contributed by atoms with van der Waals surface area (Å²) < 4.78 is 40.3. The summed E-state index contributed by atoms with van der Waals surface area (Å²) in [6.45, 7) is 8.12. The number of sulfone groups is 1. The maximum Gasteiger partial charge on any atom is 0.275 e. The molecular weight excluding hydrogens is 391 g/mol. The maximum atomic E-state index is 13.4. The molecular formula is C22H21FN2O3S. The lowest BCUT2D eigenvalue weighted by atomic mass is 10.0. The van der Waals surface area contributed by atoms with E-state index in [4.69, 9.17) is 0 Å². The van der Waals surface area contributed by atoms with E-state index in [2.05, 4.69) is 13.2 Å². The van der Waals surface area contributed by atoms with Crippen LogP contribution in [0.25, 0.3) is 22.4 Å². The number of aromatic nitrogens is 2. The van der Waals surface area contributed by atoms with Crippen LogP contribution in [0.2, 0.25) is 0 Å². The monoisotopic (exact) mass is 412 g/mol. The first-order valence-electron chi connectivity index (χ1n) is 8.89. The number of hydrogen-bond acceptors (Lipinski definition) is 3. The third kappa shape index (κ3) is 4.00. The summed E-state index contributed by atoms with van der Waals surface area (Å²) in [6, 6.07) is 12.0. The zero-order valence-corrected chi connectivity index (χ0v) is 16.8. The third-order valence-electron chi connectivity index (χ3n) is 4.53. The molecule has 0 unspecified atom stereocenters. The van der Waals surface area contributed by atoms with E-state index in [1.54, 1.807) is 41.1 Å². The second-order valence-electron chi connectivity index (χ2n) is 6.57. The molecule has 29 heavy (non-hydrogen) atoms. The van der Waals surface area contributed by atoms with Crippen LogP contribution in [0.1, 0.15) is 0 Å². The minimum absolute atomic E-state index is 0.188. The van der Waals surface area contributed by atoms with Gasteiger partial charge in [-0.1, -0.05) is 36.4 Å². The molecule has 3 aromatic rings. The summed E-state index contributed by atoms with van der Waals surface area (Å²) in [7, 11) is -3.35. The molecule has 0 N–H and O–H groups in total. The van der Waals surface area contributed by atoms with E-state index in [-0.39, 0.29) is 17.0 Å². The van der Waals surface area contributed by atoms with Crippen LogP contribution >= 0.6 is 0 Å². The molecule has 0 atom stereocenters. The van der Waals surface area contributed by atoms with Gasteiger partial charge in [-0.05, 0) is 29.8 Å². The Kier molecular flexibility index (Phi) is 5.70. The molecule has 0 aliphatic heterocycles. The van der Waals surface area contributed by atoms with E-state index >= 15 is 0 Å². The van der Waals surface area contributed by atoms with Crippen molar-refractivity contribution in [1.82, 2.24) is 9.36 Å². The number of nitrogens with zero attached hydrogens (tertiary/aromatic N) is 2. The minimum atomic E-state index is -3.35. The Hall–Kier alpha value is -3.19. The predicted molar refractivity (Wildman–Crippen MR) is 113 cm³/mol. The van der Waals surface area contributed by atoms with Gasteiger partial charge >= 0.3 is 0 Å². The molecule has 0 aliphatic carbocycles. The molecule has 0 spiro atoms. The summed E-state index contributed by atoms with van der Waals surface area (Å²) in [4.78, 5) is 13.4. The standard InChI is InChI=1S/C22H21FN2O3S/c1-4-14-24-21(17-8-12-19(13-9-17)29(3,27)28)20(22(26)25(24)15-5-2)16-6-10-18(23)11-7-16/h4-13H,1-2,14-15H2,3H3. The Morgan fingerprint density at radius 1 is 0.897 bits per heavy atom. The average molecular weight is 412 g/mol. The summed E-state index contributed by atoms with van der Waals surface area (Å²) in [5, 5.41) is 0. The van der Waals surface area contributed by atoms with Gasteiger partial charge in [0.25, 0.3) is 5.56 Å². The first kappa shape index (κ1) is 20.5. The fraction of sp³-hybridized carbons (Fsp3) is 0.136. The molecule has 0 bridgehead atoms. The predicted octanol–water partition coefficient (Wildman–Crippen LogP) is 3.90. The molecule has 0 saturated heterocycles. The van der Waals surface area contributed by atoms with Crippen LogP contribution in [0.3, 0.4) is 0 Å². The van der Waals surface area contributed by atoms with Gasteiger partial charge in [-0.2, -0.15) is 0 Å². The van der Waals surface area contributed by atoms with Crippen molar-refractivity contribution < 1.29 is 12.8 Å². The van der Waals surface area contributed by atoms with Gasteiger partial charge in [0.05, 0.1) is 29.2 Å². The highest BCUT2D eigenvalue weighted by Gasteiger charge is 2.22. The molecule has 0 amide bonds. The highest BCUT2D eigenvalue weighted by atomic mass is 32.2. The van der Waals surface area contributed by atoms with Gasteiger partial charge in [-0.25, -0.2) is 17.5 Å². The number of rotatable bonds is 7. The minimum Gasteiger partial charge on any atom is -0.277 e. The lowest BCUT2D eigenvalue weighted by Crippen LogP contribution is -2.22. The van der Waals surface area contributed by atoms with Crippen molar-refractivity contribution in [3.05, 3.63) is 90.0 Å². The number of allylic oxidation sites excluding steroid dienone is 2. The highest BCUT2D eigenvalue weighted by Crippen LogP contribution is 2.31. The molecule has 7 heteroatoms. The average Bonchev–Trinajstić information content (AvgIpc) is 2.95. The molecule has 3 rings (SSSR count). The van der Waals surface area contributed by atoms with Crippen LogP contribution in [0.4, 0.5) is 4.39 Å². The molecule has 0 aliphatic rings.